The summed E-state index contributed by atoms with van der Waals surface area (Å²) in [6.45, 7) is 1.92. The Balaban J connectivity index is 2.67. The van der Waals surface area contributed by atoms with Crippen LogP contribution < -0.4 is 5.32 Å². The summed E-state index contributed by atoms with van der Waals surface area (Å²) in [6.07, 6.45) is 1.62. The number of rotatable bonds is 6. The molecule has 0 aliphatic heterocycles. The monoisotopic (exact) mass is 249 g/mol. The zero-order valence-electron chi connectivity index (χ0n) is 10.8. The second-order valence-corrected chi connectivity index (χ2v) is 4.08. The number of hydrogen-bond acceptors (Lipinski definition) is 3. The van der Waals surface area contributed by atoms with Crippen LogP contribution in [0, 0.1) is 0 Å². The molecule has 0 bridgehead atoms. The van der Waals surface area contributed by atoms with E-state index < -0.39 is 12.0 Å². The number of amides is 1. The number of carbonyl (C=O) groups excluding carboxylic acids is 2. The highest BCUT2D eigenvalue weighted by Gasteiger charge is 2.21. The van der Waals surface area contributed by atoms with E-state index >= 15 is 0 Å². The molecule has 0 saturated heterocycles. The molecule has 0 unspecified atom stereocenters. The summed E-state index contributed by atoms with van der Waals surface area (Å²) in [5.41, 5.74) is 0.990. The molecule has 4 heteroatoms. The Bertz CT molecular complexity index is 389. The molecule has 0 aliphatic carbocycles. The van der Waals surface area contributed by atoms with Crippen molar-refractivity contribution in [3.8, 4) is 0 Å². The van der Waals surface area contributed by atoms with E-state index in [9.17, 15) is 9.59 Å². The molecule has 0 radical (unpaired) electrons. The van der Waals surface area contributed by atoms with E-state index in [1.807, 2.05) is 37.3 Å². The Labute approximate surface area is 107 Å². The minimum atomic E-state index is -0.614. The molecule has 1 aromatic rings. The molecule has 0 aliphatic rings. The van der Waals surface area contributed by atoms with Crippen LogP contribution in [0.25, 0.3) is 0 Å². The SMILES string of the molecule is CCCC(=O)N[C@H](Cc1ccccc1)C(=O)OC. The first-order valence-corrected chi connectivity index (χ1v) is 6.08. The average molecular weight is 249 g/mol. The molecule has 0 saturated carbocycles. The largest absolute Gasteiger partial charge is 0.467 e. The average Bonchev–Trinajstić information content (AvgIpc) is 2.38. The highest BCUT2D eigenvalue weighted by Crippen LogP contribution is 2.05. The topological polar surface area (TPSA) is 55.4 Å². The maximum absolute atomic E-state index is 11.6. The second kappa shape index (κ2) is 7.48. The second-order valence-electron chi connectivity index (χ2n) is 4.08. The molecule has 0 heterocycles. The summed E-state index contributed by atoms with van der Waals surface area (Å²) in [6, 6.07) is 8.93. The number of benzene rings is 1. The van der Waals surface area contributed by atoms with E-state index in [2.05, 4.69) is 5.32 Å². The van der Waals surface area contributed by atoms with Crippen LogP contribution in [0.15, 0.2) is 30.3 Å². The van der Waals surface area contributed by atoms with Crippen LogP contribution in [0.3, 0.4) is 0 Å². The minimum Gasteiger partial charge on any atom is -0.467 e. The molecular formula is C14H19NO3. The molecular weight excluding hydrogens is 230 g/mol. The molecule has 0 spiro atoms. The van der Waals surface area contributed by atoms with Crippen LogP contribution in [-0.2, 0) is 20.7 Å². The summed E-state index contributed by atoms with van der Waals surface area (Å²) < 4.78 is 4.71. The van der Waals surface area contributed by atoms with Gasteiger partial charge in [-0.25, -0.2) is 4.79 Å². The molecule has 18 heavy (non-hydrogen) atoms. The Morgan fingerprint density at radius 3 is 2.50 bits per heavy atom. The van der Waals surface area contributed by atoms with Crippen molar-refractivity contribution >= 4 is 11.9 Å². The van der Waals surface area contributed by atoms with E-state index in [1.54, 1.807) is 0 Å². The maximum atomic E-state index is 11.6. The zero-order chi connectivity index (χ0) is 13.4. The van der Waals surface area contributed by atoms with E-state index in [-0.39, 0.29) is 5.91 Å². The first-order chi connectivity index (χ1) is 8.67. The Morgan fingerprint density at radius 2 is 1.94 bits per heavy atom. The summed E-state index contributed by atoms with van der Waals surface area (Å²) in [5, 5.41) is 2.70. The number of hydrogen-bond donors (Lipinski definition) is 1. The van der Waals surface area contributed by atoms with Crippen molar-refractivity contribution in [3.05, 3.63) is 35.9 Å². The van der Waals surface area contributed by atoms with Gasteiger partial charge in [0.2, 0.25) is 5.91 Å². The van der Waals surface area contributed by atoms with Crippen LogP contribution in [-0.4, -0.2) is 25.0 Å². The summed E-state index contributed by atoms with van der Waals surface area (Å²) in [4.78, 5) is 23.2. The van der Waals surface area contributed by atoms with Gasteiger partial charge in [-0.05, 0) is 12.0 Å². The van der Waals surface area contributed by atoms with Gasteiger partial charge in [0.15, 0.2) is 0 Å². The molecule has 4 nitrogen and oxygen atoms in total. The first kappa shape index (κ1) is 14.2. The fourth-order valence-electron chi connectivity index (χ4n) is 1.68. The lowest BCUT2D eigenvalue weighted by atomic mass is 10.1. The number of methoxy groups -OCH3 is 1. The van der Waals surface area contributed by atoms with Crippen molar-refractivity contribution in [2.24, 2.45) is 0 Å². The molecule has 1 atom stereocenters. The molecule has 98 valence electrons. The third-order valence-corrected chi connectivity index (χ3v) is 2.58. The molecule has 1 aromatic carbocycles. The van der Waals surface area contributed by atoms with Crippen molar-refractivity contribution in [1.82, 2.24) is 5.32 Å². The van der Waals surface area contributed by atoms with Crippen LogP contribution in [0.1, 0.15) is 25.3 Å². The molecule has 0 aromatic heterocycles. The van der Waals surface area contributed by atoms with Gasteiger partial charge in [0, 0.05) is 12.8 Å². The van der Waals surface area contributed by atoms with Gasteiger partial charge in [0.1, 0.15) is 6.04 Å². The summed E-state index contributed by atoms with van der Waals surface area (Å²) in [5.74, 6) is -0.535. The van der Waals surface area contributed by atoms with Crippen molar-refractivity contribution in [1.29, 1.82) is 0 Å². The van der Waals surface area contributed by atoms with Gasteiger partial charge in [0.25, 0.3) is 0 Å². The van der Waals surface area contributed by atoms with Gasteiger partial charge in [-0.1, -0.05) is 37.3 Å². The van der Waals surface area contributed by atoms with Crippen LogP contribution in [0.4, 0.5) is 0 Å². The van der Waals surface area contributed by atoms with Gasteiger partial charge in [-0.2, -0.15) is 0 Å². The third-order valence-electron chi connectivity index (χ3n) is 2.58. The third kappa shape index (κ3) is 4.57. The first-order valence-electron chi connectivity index (χ1n) is 6.08. The Hall–Kier alpha value is -1.84. The van der Waals surface area contributed by atoms with Crippen molar-refractivity contribution in [2.75, 3.05) is 7.11 Å². The van der Waals surface area contributed by atoms with Gasteiger partial charge in [-0.15, -0.1) is 0 Å². The fraction of sp³-hybridized carbons (Fsp3) is 0.429. The molecule has 1 amide bonds. The maximum Gasteiger partial charge on any atom is 0.328 e. The minimum absolute atomic E-state index is 0.121. The Morgan fingerprint density at radius 1 is 1.28 bits per heavy atom. The van der Waals surface area contributed by atoms with Crippen molar-refractivity contribution in [2.45, 2.75) is 32.2 Å². The van der Waals surface area contributed by atoms with Crippen LogP contribution in [0.2, 0.25) is 0 Å². The van der Waals surface area contributed by atoms with E-state index in [0.29, 0.717) is 12.8 Å². The van der Waals surface area contributed by atoms with E-state index in [4.69, 9.17) is 4.74 Å². The zero-order valence-corrected chi connectivity index (χ0v) is 10.8. The predicted octanol–water partition coefficient (Wildman–Crippen LogP) is 1.69. The molecule has 1 rings (SSSR count). The van der Waals surface area contributed by atoms with Gasteiger partial charge < -0.3 is 10.1 Å². The Kier molecular flexibility index (Phi) is 5.91. The highest BCUT2D eigenvalue weighted by atomic mass is 16.5. The lowest BCUT2D eigenvalue weighted by Gasteiger charge is -2.16. The van der Waals surface area contributed by atoms with Gasteiger partial charge >= 0.3 is 5.97 Å². The van der Waals surface area contributed by atoms with Gasteiger partial charge in [-0.3, -0.25) is 4.79 Å². The number of esters is 1. The van der Waals surface area contributed by atoms with E-state index in [1.165, 1.54) is 7.11 Å². The fourth-order valence-corrected chi connectivity index (χ4v) is 1.68. The summed E-state index contributed by atoms with van der Waals surface area (Å²) in [7, 11) is 1.33. The normalized spacial score (nSPS) is 11.7. The highest BCUT2D eigenvalue weighted by molar-refractivity contribution is 5.84. The van der Waals surface area contributed by atoms with E-state index in [0.717, 1.165) is 12.0 Å². The van der Waals surface area contributed by atoms with Crippen LogP contribution in [0.5, 0.6) is 0 Å². The smallest absolute Gasteiger partial charge is 0.328 e. The number of nitrogens with one attached hydrogen (secondary N) is 1. The number of carbonyl (C=O) groups is 2. The molecule has 1 N–H and O–H groups in total. The number of ether oxygens (including phenoxy) is 1. The lowest BCUT2D eigenvalue weighted by molar-refractivity contribution is -0.145. The molecule has 0 fully saturated rings. The summed E-state index contributed by atoms with van der Waals surface area (Å²) >= 11 is 0. The standard InChI is InChI=1S/C14H19NO3/c1-3-7-13(16)15-12(14(17)18-2)10-11-8-5-4-6-9-11/h4-6,8-9,12H,3,7,10H2,1-2H3,(H,15,16)/t12-/m1/s1. The quantitative estimate of drug-likeness (QED) is 0.780. The van der Waals surface area contributed by atoms with Crippen LogP contribution >= 0.6 is 0 Å². The lowest BCUT2D eigenvalue weighted by Crippen LogP contribution is -2.42. The van der Waals surface area contributed by atoms with Crippen molar-refractivity contribution in [3.63, 3.8) is 0 Å². The predicted molar refractivity (Wildman–Crippen MR) is 69.0 cm³/mol. The van der Waals surface area contributed by atoms with Crippen molar-refractivity contribution < 1.29 is 14.3 Å². The van der Waals surface area contributed by atoms with Gasteiger partial charge in [0.05, 0.1) is 7.11 Å².